The van der Waals surface area contributed by atoms with Crippen LogP contribution in [0.15, 0.2) is 36.5 Å². The first kappa shape index (κ1) is 64.5. The summed E-state index contributed by atoms with van der Waals surface area (Å²) in [6.45, 7) is 4.76. The number of ether oxygens (including phenoxy) is 3. The maximum atomic E-state index is 12.8. The van der Waals surface area contributed by atoms with Crippen LogP contribution in [0.1, 0.15) is 271 Å². The molecule has 392 valence electrons. The zero-order chi connectivity index (χ0) is 49.2. The molecular weight excluding hydrogens is 835 g/mol. The fraction of sp³-hybridized carbons (Fsp3) is 0.847. The number of likely N-dealkylation sites (N-methyl/N-ethyl adjacent to an activating group) is 1. The molecule has 0 amide bonds. The number of carbonyl (C=O) groups excluding carboxylic acids is 2. The van der Waals surface area contributed by atoms with Crippen molar-refractivity contribution in [1.82, 2.24) is 0 Å². The summed E-state index contributed by atoms with van der Waals surface area (Å²) in [5.41, 5.74) is 0. The molecule has 0 aromatic carbocycles. The van der Waals surface area contributed by atoms with Gasteiger partial charge >= 0.3 is 17.9 Å². The van der Waals surface area contributed by atoms with Crippen molar-refractivity contribution in [1.29, 1.82) is 0 Å². The molecule has 2 atom stereocenters. The molecule has 0 aromatic rings. The van der Waals surface area contributed by atoms with E-state index in [4.69, 9.17) is 14.2 Å². The van der Waals surface area contributed by atoms with Gasteiger partial charge in [0.15, 0.2) is 12.1 Å². The molecule has 8 nitrogen and oxygen atoms in total. The molecule has 1 N–H and O–H groups in total. The highest BCUT2D eigenvalue weighted by Gasteiger charge is 2.31. The molecule has 0 bridgehead atoms. The largest absolute Gasteiger partial charge is 0.477 e. The number of aliphatic carboxylic acids is 1. The smallest absolute Gasteiger partial charge is 0.362 e. The minimum Gasteiger partial charge on any atom is -0.477 e. The van der Waals surface area contributed by atoms with Crippen LogP contribution in [-0.2, 0) is 28.6 Å². The van der Waals surface area contributed by atoms with Crippen molar-refractivity contribution in [3.05, 3.63) is 36.5 Å². The second-order valence-corrected chi connectivity index (χ2v) is 20.6. The van der Waals surface area contributed by atoms with Gasteiger partial charge in [0, 0.05) is 19.3 Å². The van der Waals surface area contributed by atoms with E-state index in [2.05, 4.69) is 50.3 Å². The quantitative estimate of drug-likeness (QED) is 0.0213. The topological polar surface area (TPSA) is 99.1 Å². The van der Waals surface area contributed by atoms with E-state index >= 15 is 0 Å². The van der Waals surface area contributed by atoms with Crippen LogP contribution in [-0.4, -0.2) is 80.6 Å². The van der Waals surface area contributed by atoms with Gasteiger partial charge in [-0.2, -0.15) is 0 Å². The summed E-state index contributed by atoms with van der Waals surface area (Å²) in [6.07, 6.45) is 60.6. The lowest BCUT2D eigenvalue weighted by Gasteiger charge is -2.31. The lowest BCUT2D eigenvalue weighted by Crippen LogP contribution is -2.50. The van der Waals surface area contributed by atoms with Crippen LogP contribution < -0.4 is 0 Å². The van der Waals surface area contributed by atoms with E-state index in [1.165, 1.54) is 199 Å². The van der Waals surface area contributed by atoms with Gasteiger partial charge in [-0.3, -0.25) is 9.59 Å². The predicted molar refractivity (Wildman–Crippen MR) is 285 cm³/mol. The van der Waals surface area contributed by atoms with Gasteiger partial charge in [-0.1, -0.05) is 224 Å². The highest BCUT2D eigenvalue weighted by molar-refractivity contribution is 5.72. The van der Waals surface area contributed by atoms with Crippen LogP contribution >= 0.6 is 0 Å². The summed E-state index contributed by atoms with van der Waals surface area (Å²) < 4.78 is 17.4. The second-order valence-electron chi connectivity index (χ2n) is 20.6. The zero-order valence-electron chi connectivity index (χ0n) is 44.9. The van der Waals surface area contributed by atoms with Crippen LogP contribution in [0.5, 0.6) is 0 Å². The number of quaternary nitrogens is 1. The van der Waals surface area contributed by atoms with Crippen LogP contribution in [0, 0.1) is 0 Å². The maximum absolute atomic E-state index is 12.8. The lowest BCUT2D eigenvalue weighted by molar-refractivity contribution is -0.887. The Morgan fingerprint density at radius 2 is 0.791 bits per heavy atom. The summed E-state index contributed by atoms with van der Waals surface area (Å²) in [4.78, 5) is 37.3. The highest BCUT2D eigenvalue weighted by Crippen LogP contribution is 2.16. The molecular formula is C59H110NO7+. The van der Waals surface area contributed by atoms with Gasteiger partial charge in [0.25, 0.3) is 0 Å². The molecule has 0 spiro atoms. The highest BCUT2D eigenvalue weighted by atomic mass is 16.6. The third-order valence-electron chi connectivity index (χ3n) is 13.0. The van der Waals surface area contributed by atoms with E-state index in [1.54, 1.807) is 0 Å². The Balaban J connectivity index is 4.17. The Morgan fingerprint density at radius 1 is 0.448 bits per heavy atom. The third-order valence-corrected chi connectivity index (χ3v) is 13.0. The molecule has 0 aromatic heterocycles. The monoisotopic (exact) mass is 945 g/mol. The molecule has 0 aliphatic rings. The van der Waals surface area contributed by atoms with Crippen molar-refractivity contribution in [2.75, 3.05) is 41.0 Å². The van der Waals surface area contributed by atoms with Crippen LogP contribution in [0.25, 0.3) is 0 Å². The Morgan fingerprint density at radius 3 is 1.18 bits per heavy atom. The minimum atomic E-state index is -0.873. The Hall–Kier alpha value is -2.45. The number of allylic oxidation sites excluding steroid dienone is 6. The molecule has 8 heteroatoms. The molecule has 0 radical (unpaired) electrons. The average molecular weight is 946 g/mol. The van der Waals surface area contributed by atoms with Crippen molar-refractivity contribution in [2.24, 2.45) is 0 Å². The molecule has 2 unspecified atom stereocenters. The first-order valence-electron chi connectivity index (χ1n) is 28.5. The number of hydrogen-bond donors (Lipinski definition) is 1. The van der Waals surface area contributed by atoms with Gasteiger partial charge in [-0.05, 0) is 64.2 Å². The van der Waals surface area contributed by atoms with E-state index in [0.29, 0.717) is 19.3 Å². The van der Waals surface area contributed by atoms with Crippen molar-refractivity contribution in [3.8, 4) is 0 Å². The molecule has 0 saturated heterocycles. The van der Waals surface area contributed by atoms with E-state index < -0.39 is 18.1 Å². The number of unbranched alkanes of at least 4 members (excludes halogenated alkanes) is 33. The van der Waals surface area contributed by atoms with Crippen LogP contribution in [0.3, 0.4) is 0 Å². The molecule has 0 saturated carbocycles. The summed E-state index contributed by atoms with van der Waals surface area (Å²) in [5, 5.41) is 9.67. The van der Waals surface area contributed by atoms with Crippen molar-refractivity contribution in [3.63, 3.8) is 0 Å². The minimum absolute atomic E-state index is 0.0522. The number of hydrogen-bond acceptors (Lipinski definition) is 6. The van der Waals surface area contributed by atoms with Crippen LogP contribution in [0.4, 0.5) is 0 Å². The summed E-state index contributed by atoms with van der Waals surface area (Å²) >= 11 is 0. The molecule has 0 heterocycles. The molecule has 0 fully saturated rings. The van der Waals surface area contributed by atoms with E-state index in [-0.39, 0.29) is 36.2 Å². The zero-order valence-corrected chi connectivity index (χ0v) is 44.9. The Bertz CT molecular complexity index is 1190. The number of nitrogens with zero attached hydrogens (tertiary/aromatic N) is 1. The number of carboxylic acid groups (broad SMARTS) is 1. The van der Waals surface area contributed by atoms with Gasteiger partial charge in [0.1, 0.15) is 6.61 Å². The van der Waals surface area contributed by atoms with E-state index in [9.17, 15) is 19.5 Å². The van der Waals surface area contributed by atoms with E-state index in [0.717, 1.165) is 38.5 Å². The van der Waals surface area contributed by atoms with Crippen molar-refractivity contribution >= 4 is 17.9 Å². The Labute approximate surface area is 414 Å². The van der Waals surface area contributed by atoms with Gasteiger partial charge < -0.3 is 23.8 Å². The number of rotatable bonds is 52. The summed E-state index contributed by atoms with van der Waals surface area (Å²) in [5.74, 6) is -1.46. The normalized spacial score (nSPS) is 13.0. The molecule has 67 heavy (non-hydrogen) atoms. The van der Waals surface area contributed by atoms with Gasteiger partial charge in [-0.15, -0.1) is 0 Å². The van der Waals surface area contributed by atoms with Crippen molar-refractivity contribution in [2.45, 2.75) is 283 Å². The van der Waals surface area contributed by atoms with Crippen LogP contribution in [0.2, 0.25) is 0 Å². The standard InChI is InChI=1S/C59H109NO7/c1-6-8-10-12-14-16-18-20-22-24-26-28-29-30-32-34-36-38-40-42-44-46-48-50-58(62)67-55(53-65-52-51-56(59(63)64)60(3,4)5)54-66-57(61)49-47-45-43-41-39-37-35-33-31-27-25-23-21-19-17-15-13-11-9-7-2/h17,19,21,23,30,32,55-56H,6-16,18,20,22,24-29,31,33-54H2,1-5H3/p+1/b19-17+,23-21+,32-30+. The van der Waals surface area contributed by atoms with Crippen molar-refractivity contribution < 1.29 is 38.2 Å². The third kappa shape index (κ3) is 48.4. The number of carboxylic acids is 1. The number of carbonyl (C=O) groups is 3. The first-order valence-corrected chi connectivity index (χ1v) is 28.5. The summed E-state index contributed by atoms with van der Waals surface area (Å²) in [7, 11) is 5.55. The summed E-state index contributed by atoms with van der Waals surface area (Å²) in [6, 6.07) is -0.616. The molecule has 0 rings (SSSR count). The SMILES string of the molecule is CCCCCC/C=C/C=C/CCCCCCCCCCCCC(=O)OCC(COCCC(C(=O)O)[N+](C)(C)C)OC(=O)CCCCCCCCC/C=C/CCCCCCCCCCCCCC. The second kappa shape index (κ2) is 50.0. The fourth-order valence-corrected chi connectivity index (χ4v) is 8.61. The van der Waals surface area contributed by atoms with Gasteiger partial charge in [0.05, 0.1) is 34.4 Å². The molecule has 0 aliphatic carbocycles. The average Bonchev–Trinajstić information content (AvgIpc) is 3.29. The Kier molecular flexibility index (Phi) is 48.1. The van der Waals surface area contributed by atoms with Gasteiger partial charge in [-0.25, -0.2) is 4.79 Å². The predicted octanol–water partition coefficient (Wildman–Crippen LogP) is 16.9. The maximum Gasteiger partial charge on any atom is 0.362 e. The fourth-order valence-electron chi connectivity index (χ4n) is 8.61. The van der Waals surface area contributed by atoms with E-state index in [1.807, 2.05) is 21.1 Å². The van der Waals surface area contributed by atoms with Gasteiger partial charge in [0.2, 0.25) is 0 Å². The number of esters is 2. The lowest BCUT2D eigenvalue weighted by atomic mass is 10.0. The first-order chi connectivity index (χ1) is 32.6. The molecule has 0 aliphatic heterocycles.